The van der Waals surface area contributed by atoms with Gasteiger partial charge in [-0.1, -0.05) is 37.6 Å². The number of amides is 1. The molecule has 2 aliphatic rings. The first-order valence-corrected chi connectivity index (χ1v) is 12.1. The molecule has 2 heterocycles. The number of aliphatic hydroxyl groups excluding tert-OH is 1. The van der Waals surface area contributed by atoms with Crippen LogP contribution in [0, 0.1) is 5.82 Å². The number of benzene rings is 2. The Labute approximate surface area is 204 Å². The van der Waals surface area contributed by atoms with Crippen LogP contribution in [0.15, 0.2) is 54.1 Å². The second kappa shape index (κ2) is 11.5. The third kappa shape index (κ3) is 5.71. The summed E-state index contributed by atoms with van der Waals surface area (Å²) in [5.74, 6) is -1.55. The summed E-state index contributed by atoms with van der Waals surface area (Å²) >= 11 is 0. The van der Waals surface area contributed by atoms with Crippen LogP contribution < -0.4 is 4.74 Å². The second-order valence-electron chi connectivity index (χ2n) is 8.73. The van der Waals surface area contributed by atoms with E-state index in [1.807, 2.05) is 0 Å². The zero-order chi connectivity index (χ0) is 24.8. The summed E-state index contributed by atoms with van der Waals surface area (Å²) in [7, 11) is 0. The van der Waals surface area contributed by atoms with Crippen LogP contribution in [0.3, 0.4) is 0 Å². The fourth-order valence-corrected chi connectivity index (χ4v) is 4.40. The number of Topliss-reactive ketones (excluding diaryl/α,β-unsaturated/α-hetero) is 1. The number of ketones is 1. The number of rotatable bonds is 9. The molecule has 2 aromatic rings. The van der Waals surface area contributed by atoms with E-state index in [2.05, 4.69) is 11.8 Å². The third-order valence-corrected chi connectivity index (χ3v) is 6.36. The molecule has 2 aliphatic heterocycles. The monoisotopic (exact) mass is 482 g/mol. The smallest absolute Gasteiger partial charge is 0.295 e. The van der Waals surface area contributed by atoms with Crippen LogP contribution in [0.2, 0.25) is 0 Å². The van der Waals surface area contributed by atoms with Crippen molar-refractivity contribution in [3.8, 4) is 5.75 Å². The Bertz CT molecular complexity index is 1080. The minimum absolute atomic E-state index is 0.00528. The van der Waals surface area contributed by atoms with E-state index in [-0.39, 0.29) is 11.3 Å². The highest BCUT2D eigenvalue weighted by Gasteiger charge is 2.46. The van der Waals surface area contributed by atoms with E-state index in [1.165, 1.54) is 17.0 Å². The molecule has 1 N–H and O–H groups in total. The molecule has 7 nitrogen and oxygen atoms in total. The van der Waals surface area contributed by atoms with Crippen LogP contribution in [0.25, 0.3) is 5.76 Å². The van der Waals surface area contributed by atoms with Gasteiger partial charge in [-0.25, -0.2) is 4.39 Å². The van der Waals surface area contributed by atoms with Crippen molar-refractivity contribution in [2.24, 2.45) is 0 Å². The van der Waals surface area contributed by atoms with Crippen molar-refractivity contribution in [3.05, 3.63) is 71.0 Å². The molecule has 186 valence electrons. The zero-order valence-electron chi connectivity index (χ0n) is 19.9. The predicted octanol–water partition coefficient (Wildman–Crippen LogP) is 3.76. The fraction of sp³-hybridized carbons (Fsp3) is 0.407. The molecular weight excluding hydrogens is 451 g/mol. The van der Waals surface area contributed by atoms with Crippen molar-refractivity contribution < 1.29 is 28.6 Å². The summed E-state index contributed by atoms with van der Waals surface area (Å²) in [6.45, 7) is 6.21. The molecule has 1 atom stereocenters. The van der Waals surface area contributed by atoms with E-state index in [0.29, 0.717) is 49.8 Å². The van der Waals surface area contributed by atoms with Gasteiger partial charge in [0.15, 0.2) is 0 Å². The molecule has 4 rings (SSSR count). The number of aliphatic hydroxyl groups is 1. The van der Waals surface area contributed by atoms with Gasteiger partial charge in [0, 0.05) is 31.7 Å². The Morgan fingerprint density at radius 3 is 2.57 bits per heavy atom. The average molecular weight is 483 g/mol. The number of nitrogens with zero attached hydrogens (tertiary/aromatic N) is 2. The van der Waals surface area contributed by atoms with Gasteiger partial charge in [0.25, 0.3) is 11.7 Å². The lowest BCUT2D eigenvalue weighted by molar-refractivity contribution is -0.140. The molecule has 0 radical (unpaired) electrons. The molecule has 1 unspecified atom stereocenters. The van der Waals surface area contributed by atoms with Gasteiger partial charge in [-0.3, -0.25) is 14.5 Å². The topological polar surface area (TPSA) is 79.3 Å². The maximum atomic E-state index is 13.7. The number of hydrogen-bond donors (Lipinski definition) is 1. The van der Waals surface area contributed by atoms with Gasteiger partial charge in [-0.15, -0.1) is 0 Å². The van der Waals surface area contributed by atoms with Gasteiger partial charge in [0.05, 0.1) is 31.4 Å². The van der Waals surface area contributed by atoms with Crippen molar-refractivity contribution in [1.82, 2.24) is 9.80 Å². The van der Waals surface area contributed by atoms with Crippen LogP contribution in [-0.2, 0) is 14.3 Å². The first-order chi connectivity index (χ1) is 17.0. The lowest BCUT2D eigenvalue weighted by Gasteiger charge is -2.31. The van der Waals surface area contributed by atoms with Crippen molar-refractivity contribution in [2.45, 2.75) is 25.8 Å². The Morgan fingerprint density at radius 2 is 1.86 bits per heavy atom. The predicted molar refractivity (Wildman–Crippen MR) is 130 cm³/mol. The van der Waals surface area contributed by atoms with Crippen molar-refractivity contribution in [2.75, 3.05) is 46.0 Å². The van der Waals surface area contributed by atoms with E-state index >= 15 is 0 Å². The lowest BCUT2D eigenvalue weighted by Crippen LogP contribution is -2.42. The number of carbonyl (C=O) groups is 2. The summed E-state index contributed by atoms with van der Waals surface area (Å²) in [5.41, 5.74) is 0.941. The van der Waals surface area contributed by atoms with Gasteiger partial charge in [-0.05, 0) is 36.2 Å². The van der Waals surface area contributed by atoms with E-state index in [9.17, 15) is 19.1 Å². The Balaban J connectivity index is 1.68. The molecule has 0 bridgehead atoms. The lowest BCUT2D eigenvalue weighted by atomic mass is 9.95. The van der Waals surface area contributed by atoms with Crippen LogP contribution in [-0.4, -0.2) is 72.6 Å². The first-order valence-electron chi connectivity index (χ1n) is 12.1. The molecule has 0 spiro atoms. The standard InChI is InChI=1S/C27H31FN2O5/c1-2-3-15-35-22-6-4-5-20(18-22)25(31)23-24(19-7-9-21(28)10-8-19)30(27(33)26(23)32)12-11-29-13-16-34-17-14-29/h4-10,18,24,31H,2-3,11-17H2,1H3/b25-23+. The third-order valence-electron chi connectivity index (χ3n) is 6.36. The molecule has 0 aliphatic carbocycles. The fourth-order valence-electron chi connectivity index (χ4n) is 4.40. The van der Waals surface area contributed by atoms with Crippen molar-refractivity contribution in [1.29, 1.82) is 0 Å². The number of unbranched alkanes of at least 4 members (excludes halogenated alkanes) is 1. The van der Waals surface area contributed by atoms with Crippen molar-refractivity contribution in [3.63, 3.8) is 0 Å². The Hall–Kier alpha value is -3.23. The van der Waals surface area contributed by atoms with Gasteiger partial charge >= 0.3 is 0 Å². The minimum Gasteiger partial charge on any atom is -0.507 e. The van der Waals surface area contributed by atoms with Crippen LogP contribution in [0.4, 0.5) is 4.39 Å². The Morgan fingerprint density at radius 1 is 1.11 bits per heavy atom. The molecule has 2 fully saturated rings. The molecular formula is C27H31FN2O5. The SMILES string of the molecule is CCCCOc1cccc(/C(O)=C2\C(=O)C(=O)N(CCN3CCOCC3)C2c2ccc(F)cc2)c1. The molecule has 1 amide bonds. The number of morpholine rings is 1. The van der Waals surface area contributed by atoms with E-state index in [0.717, 1.165) is 25.9 Å². The van der Waals surface area contributed by atoms with E-state index in [4.69, 9.17) is 9.47 Å². The summed E-state index contributed by atoms with van der Waals surface area (Å²) in [4.78, 5) is 29.9. The highest BCUT2D eigenvalue weighted by Crippen LogP contribution is 2.39. The summed E-state index contributed by atoms with van der Waals surface area (Å²) in [6.07, 6.45) is 1.89. The van der Waals surface area contributed by atoms with Gasteiger partial charge in [0.2, 0.25) is 0 Å². The molecule has 2 aromatic carbocycles. The first kappa shape index (κ1) is 24.9. The quantitative estimate of drug-likeness (QED) is 0.254. The van der Waals surface area contributed by atoms with E-state index in [1.54, 1.807) is 36.4 Å². The largest absolute Gasteiger partial charge is 0.507 e. The molecule has 35 heavy (non-hydrogen) atoms. The number of hydrogen-bond acceptors (Lipinski definition) is 6. The molecule has 0 saturated carbocycles. The highest BCUT2D eigenvalue weighted by molar-refractivity contribution is 6.46. The molecule has 2 saturated heterocycles. The summed E-state index contributed by atoms with van der Waals surface area (Å²) in [5, 5.41) is 11.2. The second-order valence-corrected chi connectivity index (χ2v) is 8.73. The van der Waals surface area contributed by atoms with Gasteiger partial charge < -0.3 is 19.5 Å². The normalized spacial score (nSPS) is 20.4. The summed E-state index contributed by atoms with van der Waals surface area (Å²) in [6, 6.07) is 11.7. The van der Waals surface area contributed by atoms with E-state index < -0.39 is 23.5 Å². The number of ether oxygens (including phenoxy) is 2. The highest BCUT2D eigenvalue weighted by atomic mass is 19.1. The van der Waals surface area contributed by atoms with Crippen LogP contribution >= 0.6 is 0 Å². The molecule has 8 heteroatoms. The maximum absolute atomic E-state index is 13.7. The minimum atomic E-state index is -0.818. The van der Waals surface area contributed by atoms with Crippen LogP contribution in [0.1, 0.15) is 36.9 Å². The van der Waals surface area contributed by atoms with Gasteiger partial charge in [0.1, 0.15) is 17.3 Å². The average Bonchev–Trinajstić information content (AvgIpc) is 3.13. The number of carbonyl (C=O) groups excluding carboxylic acids is 2. The maximum Gasteiger partial charge on any atom is 0.295 e. The van der Waals surface area contributed by atoms with Gasteiger partial charge in [-0.2, -0.15) is 0 Å². The number of likely N-dealkylation sites (tertiary alicyclic amines) is 1. The Kier molecular flexibility index (Phi) is 8.15. The van der Waals surface area contributed by atoms with Crippen LogP contribution in [0.5, 0.6) is 5.75 Å². The number of halogens is 1. The summed E-state index contributed by atoms with van der Waals surface area (Å²) < 4.78 is 24.8. The molecule has 0 aromatic heterocycles. The van der Waals surface area contributed by atoms with Crippen molar-refractivity contribution >= 4 is 17.4 Å². The zero-order valence-corrected chi connectivity index (χ0v) is 19.9.